The Balaban J connectivity index is 1.47. The summed E-state index contributed by atoms with van der Waals surface area (Å²) in [5.74, 6) is 1.03. The van der Waals surface area contributed by atoms with E-state index in [0.717, 1.165) is 29.5 Å². The lowest BCUT2D eigenvalue weighted by Gasteiger charge is -2.16. The van der Waals surface area contributed by atoms with E-state index in [0.29, 0.717) is 17.6 Å². The van der Waals surface area contributed by atoms with Gasteiger partial charge in [-0.1, -0.05) is 36.2 Å². The third-order valence-electron chi connectivity index (χ3n) is 4.57. The van der Waals surface area contributed by atoms with Crippen molar-refractivity contribution in [2.75, 3.05) is 18.1 Å². The summed E-state index contributed by atoms with van der Waals surface area (Å²) in [7, 11) is 0. The normalized spacial score (nSPS) is 14.5. The Hall–Kier alpha value is -1.73. The zero-order valence-corrected chi connectivity index (χ0v) is 16.4. The molecule has 6 nitrogen and oxygen atoms in total. The third kappa shape index (κ3) is 4.92. The number of aromatic nitrogens is 3. The maximum atomic E-state index is 11.9. The molecule has 26 heavy (non-hydrogen) atoms. The van der Waals surface area contributed by atoms with Crippen LogP contribution in [0, 0.1) is 0 Å². The molecule has 2 N–H and O–H groups in total. The summed E-state index contributed by atoms with van der Waals surface area (Å²) in [5.41, 5.74) is 0.720. The molecule has 1 aliphatic carbocycles. The molecule has 1 aliphatic rings. The predicted molar refractivity (Wildman–Crippen MR) is 106 cm³/mol. The van der Waals surface area contributed by atoms with Gasteiger partial charge in [0.05, 0.1) is 0 Å². The molecular formula is C18H24ClN5OS. The molecule has 0 bridgehead atoms. The molecule has 0 unspecified atom stereocenters. The number of carbonyl (C=O) groups is 1. The summed E-state index contributed by atoms with van der Waals surface area (Å²) in [6.07, 6.45) is 8.66. The van der Waals surface area contributed by atoms with Crippen molar-refractivity contribution in [3.8, 4) is 0 Å². The van der Waals surface area contributed by atoms with E-state index in [1.165, 1.54) is 25.7 Å². The molecule has 0 aliphatic heterocycles. The van der Waals surface area contributed by atoms with Gasteiger partial charge in [0.1, 0.15) is 5.82 Å². The Morgan fingerprint density at radius 2 is 2.00 bits per heavy atom. The highest BCUT2D eigenvalue weighted by molar-refractivity contribution is 7.98. The highest BCUT2D eigenvalue weighted by Gasteiger charge is 2.23. The summed E-state index contributed by atoms with van der Waals surface area (Å²) < 4.78 is 2.31. The zero-order valence-electron chi connectivity index (χ0n) is 14.9. The second-order valence-electron chi connectivity index (χ2n) is 6.40. The van der Waals surface area contributed by atoms with E-state index in [9.17, 15) is 4.79 Å². The summed E-state index contributed by atoms with van der Waals surface area (Å²) in [6, 6.07) is 7.36. The first kappa shape index (κ1) is 19.0. The number of hydrogen-bond acceptors (Lipinski definition) is 4. The molecule has 1 saturated carbocycles. The molecule has 8 heteroatoms. The maximum absolute atomic E-state index is 11.9. The summed E-state index contributed by atoms with van der Waals surface area (Å²) >= 11 is 7.49. The first-order valence-corrected chi connectivity index (χ1v) is 10.6. The number of halogens is 1. The fraction of sp³-hybridized carbons (Fsp3) is 0.500. The van der Waals surface area contributed by atoms with Crippen LogP contribution >= 0.6 is 23.4 Å². The lowest BCUT2D eigenvalue weighted by atomic mass is 10.2. The molecule has 0 atom stereocenters. The van der Waals surface area contributed by atoms with Crippen molar-refractivity contribution in [3.05, 3.63) is 35.1 Å². The maximum Gasteiger partial charge on any atom is 0.319 e. The predicted octanol–water partition coefficient (Wildman–Crippen LogP) is 4.52. The van der Waals surface area contributed by atoms with Gasteiger partial charge in [-0.2, -0.15) is 0 Å². The van der Waals surface area contributed by atoms with Gasteiger partial charge in [0.25, 0.3) is 0 Å². The van der Waals surface area contributed by atoms with Gasteiger partial charge in [0, 0.05) is 29.7 Å². The minimum Gasteiger partial charge on any atom is -0.338 e. The van der Waals surface area contributed by atoms with Crippen LogP contribution in [0.5, 0.6) is 0 Å². The molecule has 1 heterocycles. The number of amides is 2. The SMILES string of the molecule is CSc1nnc(CCCNC(=O)Nc2ccc(Cl)cc2)n1C1CCCC1. The smallest absolute Gasteiger partial charge is 0.319 e. The summed E-state index contributed by atoms with van der Waals surface area (Å²) in [6.45, 7) is 0.589. The fourth-order valence-electron chi connectivity index (χ4n) is 3.30. The number of rotatable bonds is 7. The monoisotopic (exact) mass is 393 g/mol. The van der Waals surface area contributed by atoms with Crippen molar-refractivity contribution in [3.63, 3.8) is 0 Å². The number of benzene rings is 1. The lowest BCUT2D eigenvalue weighted by Crippen LogP contribution is -2.29. The van der Waals surface area contributed by atoms with Crippen molar-refractivity contribution in [2.45, 2.75) is 49.7 Å². The second kappa shape index (κ2) is 9.28. The number of aryl methyl sites for hydroxylation is 1. The zero-order chi connectivity index (χ0) is 18.4. The van der Waals surface area contributed by atoms with Crippen LogP contribution in [0.3, 0.4) is 0 Å². The van der Waals surface area contributed by atoms with E-state index in [-0.39, 0.29) is 6.03 Å². The van der Waals surface area contributed by atoms with E-state index in [2.05, 4.69) is 25.4 Å². The molecule has 3 rings (SSSR count). The second-order valence-corrected chi connectivity index (χ2v) is 7.61. The molecule has 0 saturated heterocycles. The van der Waals surface area contributed by atoms with Gasteiger partial charge in [-0.3, -0.25) is 0 Å². The standard InChI is InChI=1S/C18H24ClN5OS/c1-26-18-23-22-16(24(18)15-5-2-3-6-15)7-4-12-20-17(25)21-14-10-8-13(19)9-11-14/h8-11,15H,2-7,12H2,1H3,(H2,20,21,25). The Bertz CT molecular complexity index is 728. The van der Waals surface area contributed by atoms with Gasteiger partial charge >= 0.3 is 6.03 Å². The highest BCUT2D eigenvalue weighted by atomic mass is 35.5. The number of thioether (sulfide) groups is 1. The van der Waals surface area contributed by atoms with Crippen molar-refractivity contribution in [1.29, 1.82) is 0 Å². The van der Waals surface area contributed by atoms with Gasteiger partial charge in [0.15, 0.2) is 5.16 Å². The minimum absolute atomic E-state index is 0.214. The van der Waals surface area contributed by atoms with Gasteiger partial charge < -0.3 is 15.2 Å². The van der Waals surface area contributed by atoms with E-state index in [1.807, 2.05) is 6.26 Å². The van der Waals surface area contributed by atoms with E-state index < -0.39 is 0 Å². The number of nitrogens with one attached hydrogen (secondary N) is 2. The molecule has 140 valence electrons. The lowest BCUT2D eigenvalue weighted by molar-refractivity contribution is 0.252. The quantitative estimate of drug-likeness (QED) is 0.535. The van der Waals surface area contributed by atoms with Crippen LogP contribution in [0.2, 0.25) is 5.02 Å². The van der Waals surface area contributed by atoms with Crippen LogP contribution in [0.15, 0.2) is 29.4 Å². The average Bonchev–Trinajstić information content (AvgIpc) is 3.29. The van der Waals surface area contributed by atoms with Crippen molar-refractivity contribution < 1.29 is 4.79 Å². The van der Waals surface area contributed by atoms with E-state index in [1.54, 1.807) is 36.0 Å². The number of anilines is 1. The van der Waals surface area contributed by atoms with Crippen LogP contribution < -0.4 is 10.6 Å². The molecule has 2 aromatic rings. The van der Waals surface area contributed by atoms with Crippen LogP contribution in [-0.2, 0) is 6.42 Å². The Morgan fingerprint density at radius 3 is 2.69 bits per heavy atom. The fourth-order valence-corrected chi connectivity index (χ4v) is 4.00. The molecule has 1 aromatic heterocycles. The van der Waals surface area contributed by atoms with Crippen LogP contribution in [0.1, 0.15) is 44.0 Å². The third-order valence-corrected chi connectivity index (χ3v) is 5.47. The minimum atomic E-state index is -0.214. The largest absolute Gasteiger partial charge is 0.338 e. The number of nitrogens with zero attached hydrogens (tertiary/aromatic N) is 3. The molecule has 1 aromatic carbocycles. The van der Waals surface area contributed by atoms with Crippen LogP contribution in [0.4, 0.5) is 10.5 Å². The van der Waals surface area contributed by atoms with E-state index in [4.69, 9.17) is 11.6 Å². The molecule has 0 radical (unpaired) electrons. The topological polar surface area (TPSA) is 71.8 Å². The Morgan fingerprint density at radius 1 is 1.27 bits per heavy atom. The van der Waals surface area contributed by atoms with Gasteiger partial charge in [0.2, 0.25) is 0 Å². The Kier molecular flexibility index (Phi) is 6.80. The number of carbonyl (C=O) groups excluding carboxylic acids is 1. The number of urea groups is 1. The van der Waals surface area contributed by atoms with Gasteiger partial charge in [-0.15, -0.1) is 10.2 Å². The Labute approximate surface area is 163 Å². The summed E-state index contributed by atoms with van der Waals surface area (Å²) in [5, 5.41) is 16.0. The highest BCUT2D eigenvalue weighted by Crippen LogP contribution is 2.33. The van der Waals surface area contributed by atoms with Crippen molar-refractivity contribution >= 4 is 35.1 Å². The number of hydrogen-bond donors (Lipinski definition) is 2. The van der Waals surface area contributed by atoms with Gasteiger partial charge in [-0.05, 0) is 49.8 Å². The van der Waals surface area contributed by atoms with Gasteiger partial charge in [-0.25, -0.2) is 4.79 Å². The molecule has 1 fully saturated rings. The summed E-state index contributed by atoms with van der Waals surface area (Å²) in [4.78, 5) is 11.9. The van der Waals surface area contributed by atoms with Crippen molar-refractivity contribution in [2.24, 2.45) is 0 Å². The molecular weight excluding hydrogens is 370 g/mol. The first-order chi connectivity index (χ1) is 12.7. The van der Waals surface area contributed by atoms with Crippen molar-refractivity contribution in [1.82, 2.24) is 20.1 Å². The first-order valence-electron chi connectivity index (χ1n) is 8.95. The van der Waals surface area contributed by atoms with Crippen LogP contribution in [-0.4, -0.2) is 33.6 Å². The molecule has 0 spiro atoms. The average molecular weight is 394 g/mol. The molecule has 2 amide bonds. The van der Waals surface area contributed by atoms with E-state index >= 15 is 0 Å². The van der Waals surface area contributed by atoms with Crippen LogP contribution in [0.25, 0.3) is 0 Å².